The Labute approximate surface area is 125 Å². The summed E-state index contributed by atoms with van der Waals surface area (Å²) < 4.78 is 1.65. The minimum atomic E-state index is -0.0797. The van der Waals surface area contributed by atoms with Gasteiger partial charge in [0.1, 0.15) is 0 Å². The summed E-state index contributed by atoms with van der Waals surface area (Å²) in [6.07, 6.45) is 2.10. The van der Waals surface area contributed by atoms with Crippen molar-refractivity contribution < 1.29 is 8.87 Å². The van der Waals surface area contributed by atoms with Crippen molar-refractivity contribution in [2.75, 3.05) is 18.8 Å². The minimum Gasteiger partial charge on any atom is -0.384 e. The average molecular weight is 310 g/mol. The second-order valence-electron chi connectivity index (χ2n) is 4.65. The Morgan fingerprint density at radius 1 is 1.30 bits per heavy atom. The van der Waals surface area contributed by atoms with Gasteiger partial charge in [-0.2, -0.15) is 0 Å². The number of rotatable bonds is 2. The molecule has 0 saturated carbocycles. The van der Waals surface area contributed by atoms with Crippen molar-refractivity contribution >= 4 is 34.0 Å². The van der Waals surface area contributed by atoms with Gasteiger partial charge in [0, 0.05) is 39.4 Å². The summed E-state index contributed by atoms with van der Waals surface area (Å²) >= 11 is 7.11. The Balaban J connectivity index is 1.90. The monoisotopic (exact) mass is 309 g/mol. The zero-order chi connectivity index (χ0) is 14.1. The standard InChI is InChI=1S/C13H13ClN4OS/c14-9-3-5-10(6-4-9)18-16-11(12(15)20-18)13(19)17-7-1-2-8-17/h3-6,15H,1-2,7-8H2/p+1. The van der Waals surface area contributed by atoms with Crippen LogP contribution in [-0.2, 0) is 0 Å². The minimum absolute atomic E-state index is 0.0797. The van der Waals surface area contributed by atoms with Crippen molar-refractivity contribution in [1.29, 1.82) is 0 Å². The average Bonchev–Trinajstić information content (AvgIpc) is 3.08. The third-order valence-electron chi connectivity index (χ3n) is 3.25. The molecule has 2 N–H and O–H groups in total. The van der Waals surface area contributed by atoms with E-state index in [1.165, 1.54) is 11.5 Å². The van der Waals surface area contributed by atoms with E-state index in [1.807, 2.05) is 12.1 Å². The molecule has 1 amide bonds. The molecular weight excluding hydrogens is 296 g/mol. The van der Waals surface area contributed by atoms with Crippen LogP contribution in [0, 0.1) is 0 Å². The van der Waals surface area contributed by atoms with E-state index < -0.39 is 0 Å². The predicted octanol–water partition coefficient (Wildman–Crippen LogP) is 1.89. The van der Waals surface area contributed by atoms with Crippen molar-refractivity contribution in [3.05, 3.63) is 35.0 Å². The number of nitrogens with zero attached hydrogens (tertiary/aromatic N) is 3. The molecule has 1 aliphatic heterocycles. The van der Waals surface area contributed by atoms with Gasteiger partial charge in [-0.3, -0.25) is 4.79 Å². The van der Waals surface area contributed by atoms with E-state index >= 15 is 0 Å². The number of amides is 1. The Morgan fingerprint density at radius 3 is 2.60 bits per heavy atom. The van der Waals surface area contributed by atoms with Gasteiger partial charge in [0.25, 0.3) is 11.6 Å². The maximum absolute atomic E-state index is 12.3. The summed E-state index contributed by atoms with van der Waals surface area (Å²) in [7, 11) is 0. The quantitative estimate of drug-likeness (QED) is 0.862. The van der Waals surface area contributed by atoms with Crippen molar-refractivity contribution in [1.82, 2.24) is 10.00 Å². The molecule has 1 aromatic heterocycles. The van der Waals surface area contributed by atoms with E-state index in [-0.39, 0.29) is 5.91 Å². The zero-order valence-electron chi connectivity index (χ0n) is 10.8. The normalized spacial score (nSPS) is 14.8. The van der Waals surface area contributed by atoms with Crippen molar-refractivity contribution in [3.8, 4) is 5.69 Å². The second-order valence-corrected chi connectivity index (χ2v) is 6.06. The lowest BCUT2D eigenvalue weighted by atomic mass is 10.3. The topological polar surface area (TPSA) is 63.1 Å². The lowest BCUT2D eigenvalue weighted by Crippen LogP contribution is -2.33. The number of carbonyl (C=O) groups excluding carboxylic acids is 1. The van der Waals surface area contributed by atoms with E-state index in [2.05, 4.69) is 5.10 Å². The fourth-order valence-corrected chi connectivity index (χ4v) is 3.07. The first-order valence-electron chi connectivity index (χ1n) is 6.39. The second kappa shape index (κ2) is 5.38. The van der Waals surface area contributed by atoms with Crippen LogP contribution in [0.5, 0.6) is 0 Å². The first kappa shape index (κ1) is 13.3. The summed E-state index contributed by atoms with van der Waals surface area (Å²) in [5.41, 5.74) is 7.12. The number of benzene rings is 1. The highest BCUT2D eigenvalue weighted by molar-refractivity contribution is 7.06. The number of nitrogen functional groups attached to an aromatic ring is 1. The molecule has 2 heterocycles. The fraction of sp³-hybridized carbons (Fsp3) is 0.308. The third kappa shape index (κ3) is 2.48. The molecule has 1 aliphatic rings. The highest BCUT2D eigenvalue weighted by Crippen LogP contribution is 2.19. The molecule has 0 radical (unpaired) electrons. The van der Waals surface area contributed by atoms with E-state index in [1.54, 1.807) is 21.1 Å². The van der Waals surface area contributed by atoms with Crippen LogP contribution in [-0.4, -0.2) is 29.0 Å². The van der Waals surface area contributed by atoms with Crippen LogP contribution >= 0.6 is 23.1 Å². The van der Waals surface area contributed by atoms with Gasteiger partial charge in [0.2, 0.25) is 5.69 Å². The molecule has 20 heavy (non-hydrogen) atoms. The van der Waals surface area contributed by atoms with Gasteiger partial charge < -0.3 is 10.6 Å². The molecule has 0 atom stereocenters. The molecule has 1 aromatic carbocycles. The maximum atomic E-state index is 12.3. The molecule has 0 aliphatic carbocycles. The molecule has 7 heteroatoms. The molecule has 0 bridgehead atoms. The summed E-state index contributed by atoms with van der Waals surface area (Å²) in [4.78, 5) is 14.1. The summed E-state index contributed by atoms with van der Waals surface area (Å²) in [5.74, 6) is -0.0797. The SMILES string of the molecule is Nc1s[n+](-c2ccc(Cl)cc2)nc1C(=O)N1CCCC1. The zero-order valence-corrected chi connectivity index (χ0v) is 12.3. The van der Waals surface area contributed by atoms with E-state index in [0.29, 0.717) is 15.7 Å². The number of nitrogens with two attached hydrogens (primary N) is 1. The van der Waals surface area contributed by atoms with Gasteiger partial charge in [-0.25, -0.2) is 0 Å². The van der Waals surface area contributed by atoms with Crippen LogP contribution in [0.1, 0.15) is 23.3 Å². The molecule has 0 unspecified atom stereocenters. The number of aromatic nitrogens is 2. The highest BCUT2D eigenvalue weighted by Gasteiger charge is 2.29. The Kier molecular flexibility index (Phi) is 3.58. The van der Waals surface area contributed by atoms with E-state index in [4.69, 9.17) is 17.3 Å². The summed E-state index contributed by atoms with van der Waals surface area (Å²) in [6, 6.07) is 7.25. The van der Waals surface area contributed by atoms with Gasteiger partial charge in [-0.1, -0.05) is 11.6 Å². The lowest BCUT2D eigenvalue weighted by molar-refractivity contribution is -0.588. The van der Waals surface area contributed by atoms with Crippen LogP contribution < -0.4 is 9.81 Å². The summed E-state index contributed by atoms with van der Waals surface area (Å²) in [6.45, 7) is 1.58. The first-order chi connectivity index (χ1) is 9.65. The Bertz CT molecular complexity index is 634. The van der Waals surface area contributed by atoms with Gasteiger partial charge in [0.05, 0.1) is 0 Å². The number of likely N-dealkylation sites (tertiary alicyclic amines) is 1. The Morgan fingerprint density at radius 2 is 1.95 bits per heavy atom. The van der Waals surface area contributed by atoms with Gasteiger partial charge in [-0.15, -0.1) is 0 Å². The number of halogens is 1. The number of hydrogen-bond donors (Lipinski definition) is 1. The van der Waals surface area contributed by atoms with Gasteiger partial charge >= 0.3 is 0 Å². The van der Waals surface area contributed by atoms with Crippen LogP contribution in [0.4, 0.5) is 5.00 Å². The third-order valence-corrected chi connectivity index (χ3v) is 4.36. The van der Waals surface area contributed by atoms with Crippen molar-refractivity contribution in [2.45, 2.75) is 12.8 Å². The van der Waals surface area contributed by atoms with E-state index in [0.717, 1.165) is 31.6 Å². The van der Waals surface area contributed by atoms with Gasteiger partial charge in [-0.05, 0) is 25.0 Å². The van der Waals surface area contributed by atoms with Crippen LogP contribution in [0.3, 0.4) is 0 Å². The number of anilines is 1. The van der Waals surface area contributed by atoms with Crippen LogP contribution in [0.15, 0.2) is 24.3 Å². The molecule has 1 fully saturated rings. The Hall–Kier alpha value is -1.66. The predicted molar refractivity (Wildman–Crippen MR) is 78.2 cm³/mol. The maximum Gasteiger partial charge on any atom is 0.282 e. The molecule has 3 rings (SSSR count). The number of carbonyl (C=O) groups is 1. The van der Waals surface area contributed by atoms with Crippen molar-refractivity contribution in [3.63, 3.8) is 0 Å². The van der Waals surface area contributed by atoms with Crippen LogP contribution in [0.2, 0.25) is 5.02 Å². The number of hydrogen-bond acceptors (Lipinski definition) is 4. The smallest absolute Gasteiger partial charge is 0.282 e. The molecule has 104 valence electrons. The van der Waals surface area contributed by atoms with Crippen LogP contribution in [0.25, 0.3) is 5.69 Å². The highest BCUT2D eigenvalue weighted by atomic mass is 35.5. The molecule has 2 aromatic rings. The molecule has 1 saturated heterocycles. The summed E-state index contributed by atoms with van der Waals surface area (Å²) in [5, 5.41) is 5.43. The first-order valence-corrected chi connectivity index (χ1v) is 7.54. The molecule has 5 nitrogen and oxygen atoms in total. The molecular formula is C13H14ClN4OS+. The fourth-order valence-electron chi connectivity index (χ4n) is 2.19. The van der Waals surface area contributed by atoms with Gasteiger partial charge in [0.15, 0.2) is 16.5 Å². The van der Waals surface area contributed by atoms with Crippen molar-refractivity contribution in [2.24, 2.45) is 0 Å². The lowest BCUT2D eigenvalue weighted by Gasteiger charge is -2.11. The molecule has 0 spiro atoms. The van der Waals surface area contributed by atoms with E-state index in [9.17, 15) is 4.79 Å². The largest absolute Gasteiger partial charge is 0.384 e.